The van der Waals surface area contributed by atoms with Gasteiger partial charge in [0.2, 0.25) is 0 Å². The molecule has 1 heterocycles. The summed E-state index contributed by atoms with van der Waals surface area (Å²) in [5.74, 6) is 0. The number of ether oxygens (including phenoxy) is 1. The molecule has 0 radical (unpaired) electrons. The van der Waals surface area contributed by atoms with Crippen LogP contribution in [0.3, 0.4) is 0 Å². The Bertz CT molecular complexity index is 303. The molecule has 0 amide bonds. The van der Waals surface area contributed by atoms with Crippen molar-refractivity contribution in [1.29, 1.82) is 0 Å². The van der Waals surface area contributed by atoms with E-state index in [0.717, 1.165) is 25.7 Å². The van der Waals surface area contributed by atoms with Gasteiger partial charge in [0.05, 0.1) is 11.7 Å². The number of rotatable bonds is 5. The van der Waals surface area contributed by atoms with Gasteiger partial charge in [-0.1, -0.05) is 19.3 Å². The van der Waals surface area contributed by atoms with Crippen molar-refractivity contribution in [3.8, 4) is 0 Å². The Hall–Kier alpha value is -0.330. The minimum Gasteiger partial charge on any atom is -0.389 e. The van der Waals surface area contributed by atoms with E-state index in [4.69, 9.17) is 4.74 Å². The average Bonchev–Trinajstić information content (AvgIpc) is 2.84. The zero-order valence-corrected chi connectivity index (χ0v) is 11.7. The third-order valence-corrected chi connectivity index (χ3v) is 4.35. The van der Waals surface area contributed by atoms with Gasteiger partial charge in [-0.3, -0.25) is 0 Å². The second kappa shape index (κ2) is 6.62. The predicted octanol–water partition coefficient (Wildman–Crippen LogP) is 2.77. The van der Waals surface area contributed by atoms with E-state index in [9.17, 15) is 18.3 Å². The molecule has 2 rings (SSSR count). The van der Waals surface area contributed by atoms with E-state index in [0.29, 0.717) is 25.9 Å². The van der Waals surface area contributed by atoms with Gasteiger partial charge >= 0.3 is 6.18 Å². The van der Waals surface area contributed by atoms with E-state index in [2.05, 4.69) is 5.32 Å². The lowest BCUT2D eigenvalue weighted by molar-refractivity contribution is -0.215. The maximum absolute atomic E-state index is 12.4. The van der Waals surface area contributed by atoms with Crippen LogP contribution in [-0.4, -0.2) is 42.2 Å². The molecule has 20 heavy (non-hydrogen) atoms. The summed E-state index contributed by atoms with van der Waals surface area (Å²) < 4.78 is 42.3. The van der Waals surface area contributed by atoms with E-state index < -0.39 is 17.9 Å². The number of hydrogen-bond acceptors (Lipinski definition) is 3. The van der Waals surface area contributed by atoms with Crippen LogP contribution in [0.25, 0.3) is 0 Å². The van der Waals surface area contributed by atoms with Crippen LogP contribution in [0.1, 0.15) is 51.4 Å². The second-order valence-electron chi connectivity index (χ2n) is 6.12. The average molecular weight is 295 g/mol. The molecule has 0 aromatic heterocycles. The van der Waals surface area contributed by atoms with Crippen molar-refractivity contribution in [3.05, 3.63) is 0 Å². The fourth-order valence-electron chi connectivity index (χ4n) is 3.13. The van der Waals surface area contributed by atoms with E-state index in [1.165, 1.54) is 6.42 Å². The molecule has 1 saturated heterocycles. The molecule has 2 fully saturated rings. The van der Waals surface area contributed by atoms with Crippen molar-refractivity contribution in [3.63, 3.8) is 0 Å². The number of aliphatic hydroxyl groups is 1. The fourth-order valence-corrected chi connectivity index (χ4v) is 3.13. The third-order valence-electron chi connectivity index (χ3n) is 4.35. The smallest absolute Gasteiger partial charge is 0.389 e. The van der Waals surface area contributed by atoms with Crippen molar-refractivity contribution >= 4 is 0 Å². The molecule has 2 aliphatic rings. The predicted molar refractivity (Wildman–Crippen MR) is 69.5 cm³/mol. The van der Waals surface area contributed by atoms with Gasteiger partial charge in [0.15, 0.2) is 6.10 Å². The summed E-state index contributed by atoms with van der Waals surface area (Å²) >= 11 is 0. The quantitative estimate of drug-likeness (QED) is 0.766. The molecule has 118 valence electrons. The number of halogens is 3. The summed E-state index contributed by atoms with van der Waals surface area (Å²) in [5, 5.41) is 13.4. The Kier molecular flexibility index (Phi) is 5.31. The lowest BCUT2D eigenvalue weighted by Crippen LogP contribution is -2.42. The Balaban J connectivity index is 1.60. The Morgan fingerprint density at radius 1 is 1.15 bits per heavy atom. The molecule has 2 atom stereocenters. The molecule has 1 aliphatic carbocycles. The second-order valence-corrected chi connectivity index (χ2v) is 6.12. The highest BCUT2D eigenvalue weighted by atomic mass is 19.4. The van der Waals surface area contributed by atoms with Crippen LogP contribution >= 0.6 is 0 Å². The molecular formula is C14H24F3NO2. The number of alkyl halides is 3. The lowest BCUT2D eigenvalue weighted by atomic mass is 9.85. The number of nitrogens with one attached hydrogen (secondary N) is 1. The Morgan fingerprint density at radius 2 is 1.85 bits per heavy atom. The van der Waals surface area contributed by atoms with Gasteiger partial charge in [0.1, 0.15) is 0 Å². The van der Waals surface area contributed by atoms with Crippen LogP contribution in [0.15, 0.2) is 0 Å². The summed E-state index contributed by atoms with van der Waals surface area (Å²) in [5.41, 5.74) is -0.622. The molecule has 2 N–H and O–H groups in total. The van der Waals surface area contributed by atoms with Gasteiger partial charge in [-0.2, -0.15) is 13.2 Å². The molecule has 0 spiro atoms. The van der Waals surface area contributed by atoms with Crippen LogP contribution in [-0.2, 0) is 4.74 Å². The molecule has 1 saturated carbocycles. The molecular weight excluding hydrogens is 271 g/mol. The fraction of sp³-hybridized carbons (Fsp3) is 1.00. The van der Waals surface area contributed by atoms with Gasteiger partial charge in [-0.05, 0) is 38.6 Å². The number of hydrogen-bond donors (Lipinski definition) is 2. The van der Waals surface area contributed by atoms with Crippen LogP contribution < -0.4 is 5.32 Å². The maximum Gasteiger partial charge on any atom is 0.414 e. The normalized spacial score (nSPS) is 30.6. The highest BCUT2D eigenvalue weighted by molar-refractivity contribution is 4.85. The Labute approximate surface area is 117 Å². The van der Waals surface area contributed by atoms with Crippen LogP contribution in [0.2, 0.25) is 0 Å². The van der Waals surface area contributed by atoms with Gasteiger partial charge < -0.3 is 15.2 Å². The first-order chi connectivity index (χ1) is 9.39. The molecule has 2 unspecified atom stereocenters. The molecule has 0 aromatic carbocycles. The standard InChI is InChI=1S/C14H24F3NO2/c15-14(16,17)12-5-4-11(20-12)6-9-18-10-13(19)7-2-1-3-8-13/h11-12,18-19H,1-10H2. The monoisotopic (exact) mass is 295 g/mol. The topological polar surface area (TPSA) is 41.5 Å². The molecule has 3 nitrogen and oxygen atoms in total. The molecule has 1 aliphatic heterocycles. The lowest BCUT2D eigenvalue weighted by Gasteiger charge is -2.32. The van der Waals surface area contributed by atoms with E-state index in [1.54, 1.807) is 0 Å². The van der Waals surface area contributed by atoms with E-state index in [1.807, 2.05) is 0 Å². The minimum atomic E-state index is -4.24. The van der Waals surface area contributed by atoms with Crippen molar-refractivity contribution in [2.45, 2.75) is 75.4 Å². The van der Waals surface area contributed by atoms with Gasteiger partial charge in [0, 0.05) is 6.54 Å². The van der Waals surface area contributed by atoms with Crippen LogP contribution in [0.4, 0.5) is 13.2 Å². The summed E-state index contributed by atoms with van der Waals surface area (Å²) in [6.07, 6.45) is -0.112. The molecule has 0 bridgehead atoms. The zero-order valence-electron chi connectivity index (χ0n) is 11.7. The van der Waals surface area contributed by atoms with Gasteiger partial charge in [0.25, 0.3) is 0 Å². The molecule has 6 heteroatoms. The van der Waals surface area contributed by atoms with E-state index >= 15 is 0 Å². The third kappa shape index (κ3) is 4.60. The van der Waals surface area contributed by atoms with Crippen molar-refractivity contribution in [1.82, 2.24) is 5.32 Å². The SMILES string of the molecule is OC1(CNCCC2CCC(C(F)(F)F)O2)CCCCC1. The first-order valence-corrected chi connectivity index (χ1v) is 7.54. The highest BCUT2D eigenvalue weighted by Gasteiger charge is 2.45. The summed E-state index contributed by atoms with van der Waals surface area (Å²) in [4.78, 5) is 0. The zero-order chi connectivity index (χ0) is 14.6. The maximum atomic E-state index is 12.4. The highest BCUT2D eigenvalue weighted by Crippen LogP contribution is 2.34. The van der Waals surface area contributed by atoms with E-state index in [-0.39, 0.29) is 12.5 Å². The van der Waals surface area contributed by atoms with Crippen molar-refractivity contribution in [2.75, 3.05) is 13.1 Å². The first-order valence-electron chi connectivity index (χ1n) is 7.54. The van der Waals surface area contributed by atoms with Crippen LogP contribution in [0.5, 0.6) is 0 Å². The summed E-state index contributed by atoms with van der Waals surface area (Å²) in [7, 11) is 0. The van der Waals surface area contributed by atoms with Gasteiger partial charge in [-0.25, -0.2) is 0 Å². The molecule has 0 aromatic rings. The van der Waals surface area contributed by atoms with Crippen LogP contribution in [0, 0.1) is 0 Å². The Morgan fingerprint density at radius 3 is 2.45 bits per heavy atom. The van der Waals surface area contributed by atoms with Crippen molar-refractivity contribution in [2.24, 2.45) is 0 Å². The summed E-state index contributed by atoms with van der Waals surface area (Å²) in [6.45, 7) is 1.12. The largest absolute Gasteiger partial charge is 0.414 e. The van der Waals surface area contributed by atoms with Crippen molar-refractivity contribution < 1.29 is 23.0 Å². The summed E-state index contributed by atoms with van der Waals surface area (Å²) in [6, 6.07) is 0. The van der Waals surface area contributed by atoms with Gasteiger partial charge in [-0.15, -0.1) is 0 Å². The first kappa shape index (κ1) is 16.0. The minimum absolute atomic E-state index is 0.0676.